The number of nitrogens with one attached hydrogen (secondary N) is 1. The number of rotatable bonds is 6. The average Bonchev–Trinajstić information content (AvgIpc) is 2.84. The normalized spacial score (nSPS) is 17.8. The van der Waals surface area contributed by atoms with Crippen LogP contribution in [-0.4, -0.2) is 78.4 Å². The van der Waals surface area contributed by atoms with Gasteiger partial charge in [0.2, 0.25) is 5.91 Å². The highest BCUT2D eigenvalue weighted by Crippen LogP contribution is 2.21. The monoisotopic (exact) mass is 438 g/mol. The van der Waals surface area contributed by atoms with Gasteiger partial charge in [0.15, 0.2) is 0 Å². The molecule has 4 rings (SSSR count). The standard InChI is InChI=1S/C25H31FN4O2/c26-22-8-6-21(7-9-22)25(32)30(19-24(31)29-16-12-27-13-17-29)23-10-14-28(15-11-23)18-20-4-2-1-3-5-20/h1-9,23,27H,10-19H2. The maximum atomic E-state index is 13.4. The highest BCUT2D eigenvalue weighted by Gasteiger charge is 2.31. The van der Waals surface area contributed by atoms with Gasteiger partial charge in [-0.2, -0.15) is 0 Å². The Bertz CT molecular complexity index is 892. The lowest BCUT2D eigenvalue weighted by Crippen LogP contribution is -2.54. The first kappa shape index (κ1) is 22.4. The van der Waals surface area contributed by atoms with Gasteiger partial charge in [0.25, 0.3) is 5.91 Å². The molecule has 6 nitrogen and oxygen atoms in total. The number of carbonyl (C=O) groups excluding carboxylic acids is 2. The minimum atomic E-state index is -0.376. The van der Waals surface area contributed by atoms with Crippen molar-refractivity contribution in [2.75, 3.05) is 45.8 Å². The first-order chi connectivity index (χ1) is 15.6. The van der Waals surface area contributed by atoms with Gasteiger partial charge in [-0.1, -0.05) is 30.3 Å². The number of hydrogen-bond acceptors (Lipinski definition) is 4. The molecular weight excluding hydrogens is 407 g/mol. The number of piperazine rings is 1. The number of carbonyl (C=O) groups is 2. The molecule has 170 valence electrons. The van der Waals surface area contributed by atoms with E-state index in [9.17, 15) is 14.0 Å². The van der Waals surface area contributed by atoms with Crippen LogP contribution < -0.4 is 5.32 Å². The highest BCUT2D eigenvalue weighted by molar-refractivity contribution is 5.96. The summed E-state index contributed by atoms with van der Waals surface area (Å²) in [6.45, 7) is 5.56. The zero-order valence-corrected chi connectivity index (χ0v) is 18.4. The van der Waals surface area contributed by atoms with Gasteiger partial charge < -0.3 is 15.1 Å². The molecule has 2 fully saturated rings. The Morgan fingerprint density at radius 2 is 1.59 bits per heavy atom. The van der Waals surface area contributed by atoms with Crippen molar-refractivity contribution < 1.29 is 14.0 Å². The van der Waals surface area contributed by atoms with Crippen molar-refractivity contribution in [2.45, 2.75) is 25.4 Å². The van der Waals surface area contributed by atoms with E-state index in [1.807, 2.05) is 23.1 Å². The smallest absolute Gasteiger partial charge is 0.254 e. The van der Waals surface area contributed by atoms with Gasteiger partial charge in [-0.15, -0.1) is 0 Å². The molecule has 0 atom stereocenters. The molecule has 0 radical (unpaired) electrons. The third-order valence-electron chi connectivity index (χ3n) is 6.37. The first-order valence-electron chi connectivity index (χ1n) is 11.4. The maximum absolute atomic E-state index is 13.4. The molecular formula is C25H31FN4O2. The van der Waals surface area contributed by atoms with Crippen LogP contribution in [0.5, 0.6) is 0 Å². The molecule has 2 aromatic carbocycles. The van der Waals surface area contributed by atoms with Gasteiger partial charge in [0.1, 0.15) is 12.4 Å². The van der Waals surface area contributed by atoms with E-state index >= 15 is 0 Å². The number of nitrogens with zero attached hydrogens (tertiary/aromatic N) is 3. The molecule has 7 heteroatoms. The molecule has 32 heavy (non-hydrogen) atoms. The van der Waals surface area contributed by atoms with Crippen LogP contribution in [0.1, 0.15) is 28.8 Å². The molecule has 1 N–H and O–H groups in total. The summed E-state index contributed by atoms with van der Waals surface area (Å²) in [5.41, 5.74) is 1.70. The predicted octanol–water partition coefficient (Wildman–Crippen LogP) is 2.36. The topological polar surface area (TPSA) is 55.9 Å². The maximum Gasteiger partial charge on any atom is 0.254 e. The molecule has 0 aromatic heterocycles. The quantitative estimate of drug-likeness (QED) is 0.753. The largest absolute Gasteiger partial charge is 0.339 e. The Morgan fingerprint density at radius 1 is 0.938 bits per heavy atom. The lowest BCUT2D eigenvalue weighted by Gasteiger charge is -2.39. The molecule has 0 spiro atoms. The molecule has 0 aliphatic carbocycles. The van der Waals surface area contributed by atoms with E-state index in [4.69, 9.17) is 0 Å². The van der Waals surface area contributed by atoms with E-state index in [-0.39, 0.29) is 30.2 Å². The van der Waals surface area contributed by atoms with Crippen molar-refractivity contribution in [1.29, 1.82) is 0 Å². The Balaban J connectivity index is 1.44. The van der Waals surface area contributed by atoms with Crippen LogP contribution in [0.15, 0.2) is 54.6 Å². The number of halogens is 1. The van der Waals surface area contributed by atoms with Crippen molar-refractivity contribution in [3.63, 3.8) is 0 Å². The lowest BCUT2D eigenvalue weighted by molar-refractivity contribution is -0.133. The number of hydrogen-bond donors (Lipinski definition) is 1. The van der Waals surface area contributed by atoms with Gasteiger partial charge in [-0.3, -0.25) is 14.5 Å². The summed E-state index contributed by atoms with van der Waals surface area (Å²) in [5.74, 6) is -0.595. The summed E-state index contributed by atoms with van der Waals surface area (Å²) >= 11 is 0. The van der Waals surface area contributed by atoms with Crippen LogP contribution in [0.4, 0.5) is 4.39 Å². The first-order valence-corrected chi connectivity index (χ1v) is 11.4. The van der Waals surface area contributed by atoms with Crippen LogP contribution in [0.3, 0.4) is 0 Å². The molecule has 2 amide bonds. The number of likely N-dealkylation sites (tertiary alicyclic amines) is 1. The summed E-state index contributed by atoms with van der Waals surface area (Å²) in [4.78, 5) is 32.3. The number of amides is 2. The zero-order chi connectivity index (χ0) is 22.3. The molecule has 2 aliphatic heterocycles. The van der Waals surface area contributed by atoms with E-state index in [1.54, 1.807) is 4.90 Å². The van der Waals surface area contributed by atoms with Gasteiger partial charge >= 0.3 is 0 Å². The van der Waals surface area contributed by atoms with Crippen LogP contribution >= 0.6 is 0 Å². The average molecular weight is 439 g/mol. The second-order valence-electron chi connectivity index (χ2n) is 8.56. The van der Waals surface area contributed by atoms with E-state index in [1.165, 1.54) is 29.8 Å². The number of piperidine rings is 1. The van der Waals surface area contributed by atoms with E-state index in [0.29, 0.717) is 18.7 Å². The van der Waals surface area contributed by atoms with Gasteiger partial charge in [0.05, 0.1) is 0 Å². The summed E-state index contributed by atoms with van der Waals surface area (Å²) in [6.07, 6.45) is 1.63. The molecule has 0 saturated carbocycles. The highest BCUT2D eigenvalue weighted by atomic mass is 19.1. The molecule has 0 unspecified atom stereocenters. The fraction of sp³-hybridized carbons (Fsp3) is 0.440. The van der Waals surface area contributed by atoms with Crippen molar-refractivity contribution in [3.8, 4) is 0 Å². The molecule has 2 saturated heterocycles. The summed E-state index contributed by atoms with van der Waals surface area (Å²) in [6, 6.07) is 16.0. The van der Waals surface area contributed by atoms with E-state index in [2.05, 4.69) is 22.3 Å². The minimum absolute atomic E-state index is 0.00792. The van der Waals surface area contributed by atoms with Crippen LogP contribution in [0.2, 0.25) is 0 Å². The van der Waals surface area contributed by atoms with Crippen LogP contribution in [-0.2, 0) is 11.3 Å². The van der Waals surface area contributed by atoms with Gasteiger partial charge in [-0.05, 0) is 42.7 Å². The molecule has 2 heterocycles. The molecule has 2 aliphatic rings. The lowest BCUT2D eigenvalue weighted by atomic mass is 10.0. The number of benzene rings is 2. The van der Waals surface area contributed by atoms with Crippen LogP contribution in [0, 0.1) is 5.82 Å². The van der Waals surface area contributed by atoms with Crippen molar-refractivity contribution in [3.05, 3.63) is 71.5 Å². The summed E-state index contributed by atoms with van der Waals surface area (Å²) < 4.78 is 13.4. The van der Waals surface area contributed by atoms with Crippen molar-refractivity contribution in [2.24, 2.45) is 0 Å². The van der Waals surface area contributed by atoms with Crippen LogP contribution in [0.25, 0.3) is 0 Å². The molecule has 2 aromatic rings. The third kappa shape index (κ3) is 5.72. The SMILES string of the molecule is O=C(CN(C(=O)c1ccc(F)cc1)C1CCN(Cc2ccccc2)CC1)N1CCNCC1. The third-order valence-corrected chi connectivity index (χ3v) is 6.37. The Labute approximate surface area is 189 Å². The van der Waals surface area contributed by atoms with Gasteiger partial charge in [0, 0.05) is 57.4 Å². The fourth-order valence-corrected chi connectivity index (χ4v) is 4.52. The second kappa shape index (κ2) is 10.7. The Hall–Kier alpha value is -2.77. The zero-order valence-electron chi connectivity index (χ0n) is 18.4. The van der Waals surface area contributed by atoms with Gasteiger partial charge in [-0.25, -0.2) is 4.39 Å². The molecule has 0 bridgehead atoms. The summed E-state index contributed by atoms with van der Waals surface area (Å²) in [7, 11) is 0. The second-order valence-corrected chi connectivity index (χ2v) is 8.56. The Morgan fingerprint density at radius 3 is 2.25 bits per heavy atom. The van der Waals surface area contributed by atoms with Crippen molar-refractivity contribution >= 4 is 11.8 Å². The fourth-order valence-electron chi connectivity index (χ4n) is 4.52. The van der Waals surface area contributed by atoms with E-state index in [0.717, 1.165) is 45.6 Å². The summed E-state index contributed by atoms with van der Waals surface area (Å²) in [5, 5.41) is 3.25. The predicted molar refractivity (Wildman–Crippen MR) is 122 cm³/mol. The van der Waals surface area contributed by atoms with Crippen molar-refractivity contribution in [1.82, 2.24) is 20.0 Å². The minimum Gasteiger partial charge on any atom is -0.339 e. The Kier molecular flexibility index (Phi) is 7.50. The van der Waals surface area contributed by atoms with E-state index < -0.39 is 0 Å².